The first-order chi connectivity index (χ1) is 7.09. The zero-order valence-electron chi connectivity index (χ0n) is 8.78. The highest BCUT2D eigenvalue weighted by atomic mass is 16.2. The summed E-state index contributed by atoms with van der Waals surface area (Å²) in [6.07, 6.45) is 0. The Morgan fingerprint density at radius 1 is 1.20 bits per heavy atom. The van der Waals surface area contributed by atoms with Gasteiger partial charge in [-0.05, 0) is 19.1 Å². The number of carbonyl (C=O) groups is 2. The first kappa shape index (κ1) is 11.2. The fourth-order valence-electron chi connectivity index (χ4n) is 1.14. The zero-order chi connectivity index (χ0) is 11.3. The molecule has 1 atom stereocenters. The molecule has 0 bridgehead atoms. The van der Waals surface area contributed by atoms with Gasteiger partial charge in [-0.15, -0.1) is 0 Å². The number of anilines is 1. The Balaban J connectivity index is 2.52. The van der Waals surface area contributed by atoms with E-state index in [4.69, 9.17) is 0 Å². The Morgan fingerprint density at radius 3 is 2.33 bits per heavy atom. The molecule has 0 spiro atoms. The van der Waals surface area contributed by atoms with Crippen molar-refractivity contribution in [2.24, 2.45) is 0 Å². The van der Waals surface area contributed by atoms with E-state index >= 15 is 0 Å². The normalized spacial score (nSPS) is 11.6. The van der Waals surface area contributed by atoms with Crippen molar-refractivity contribution in [3.63, 3.8) is 0 Å². The quantitative estimate of drug-likeness (QED) is 0.779. The number of nitrogens with one attached hydrogen (secondary N) is 2. The van der Waals surface area contributed by atoms with Crippen LogP contribution in [0.15, 0.2) is 30.3 Å². The van der Waals surface area contributed by atoms with E-state index in [0.717, 1.165) is 5.69 Å². The van der Waals surface area contributed by atoms with Gasteiger partial charge in [-0.3, -0.25) is 9.59 Å². The molecule has 0 aromatic heterocycles. The molecule has 0 aliphatic rings. The Kier molecular flexibility index (Phi) is 3.85. The van der Waals surface area contributed by atoms with Crippen molar-refractivity contribution in [1.82, 2.24) is 5.32 Å². The highest BCUT2D eigenvalue weighted by Crippen LogP contribution is 2.05. The third kappa shape index (κ3) is 3.81. The molecule has 0 unspecified atom stereocenters. The van der Waals surface area contributed by atoms with Gasteiger partial charge in [-0.25, -0.2) is 0 Å². The van der Waals surface area contributed by atoms with E-state index in [1.807, 2.05) is 18.2 Å². The van der Waals surface area contributed by atoms with Crippen LogP contribution in [-0.4, -0.2) is 17.9 Å². The van der Waals surface area contributed by atoms with E-state index in [2.05, 4.69) is 10.6 Å². The van der Waals surface area contributed by atoms with Crippen LogP contribution >= 0.6 is 0 Å². The average Bonchev–Trinajstić information content (AvgIpc) is 2.18. The fraction of sp³-hybridized carbons (Fsp3) is 0.273. The van der Waals surface area contributed by atoms with E-state index in [-0.39, 0.29) is 11.8 Å². The number of hydrogen-bond acceptors (Lipinski definition) is 2. The summed E-state index contributed by atoms with van der Waals surface area (Å²) in [4.78, 5) is 22.2. The molecule has 4 nitrogen and oxygen atoms in total. The Morgan fingerprint density at radius 2 is 1.80 bits per heavy atom. The molecule has 0 fully saturated rings. The van der Waals surface area contributed by atoms with Gasteiger partial charge in [0.2, 0.25) is 11.8 Å². The lowest BCUT2D eigenvalue weighted by atomic mass is 10.2. The van der Waals surface area contributed by atoms with Gasteiger partial charge in [-0.1, -0.05) is 18.2 Å². The van der Waals surface area contributed by atoms with Crippen LogP contribution in [0.4, 0.5) is 5.69 Å². The second kappa shape index (κ2) is 5.14. The number of amides is 2. The van der Waals surface area contributed by atoms with Gasteiger partial charge in [0.1, 0.15) is 6.04 Å². The second-order valence-electron chi connectivity index (χ2n) is 3.28. The molecule has 2 amide bonds. The summed E-state index contributed by atoms with van der Waals surface area (Å²) in [7, 11) is 0. The van der Waals surface area contributed by atoms with Gasteiger partial charge < -0.3 is 10.6 Å². The molecule has 0 radical (unpaired) electrons. The molecule has 0 aliphatic heterocycles. The van der Waals surface area contributed by atoms with Crippen molar-refractivity contribution in [3.8, 4) is 0 Å². The van der Waals surface area contributed by atoms with Crippen molar-refractivity contribution >= 4 is 17.5 Å². The van der Waals surface area contributed by atoms with Crippen LogP contribution < -0.4 is 10.6 Å². The van der Waals surface area contributed by atoms with E-state index in [0.29, 0.717) is 0 Å². The molecule has 0 heterocycles. The van der Waals surface area contributed by atoms with E-state index in [1.165, 1.54) is 6.92 Å². The summed E-state index contributed by atoms with van der Waals surface area (Å²) >= 11 is 0. The number of para-hydroxylation sites is 1. The third-order valence-electron chi connectivity index (χ3n) is 1.85. The van der Waals surface area contributed by atoms with Crippen molar-refractivity contribution in [2.45, 2.75) is 19.9 Å². The van der Waals surface area contributed by atoms with Crippen LogP contribution in [0.3, 0.4) is 0 Å². The molecule has 1 rings (SSSR count). The summed E-state index contributed by atoms with van der Waals surface area (Å²) in [6.45, 7) is 3.02. The predicted molar refractivity (Wildman–Crippen MR) is 58.4 cm³/mol. The maximum atomic E-state index is 11.5. The van der Waals surface area contributed by atoms with Gasteiger partial charge in [0.25, 0.3) is 0 Å². The van der Waals surface area contributed by atoms with E-state index in [1.54, 1.807) is 19.1 Å². The van der Waals surface area contributed by atoms with Crippen LogP contribution in [0.1, 0.15) is 13.8 Å². The minimum Gasteiger partial charge on any atom is -0.345 e. The van der Waals surface area contributed by atoms with Crippen molar-refractivity contribution in [3.05, 3.63) is 30.3 Å². The monoisotopic (exact) mass is 206 g/mol. The lowest BCUT2D eigenvalue weighted by molar-refractivity contribution is -0.124. The molecule has 2 N–H and O–H groups in total. The summed E-state index contributed by atoms with van der Waals surface area (Å²) in [5.41, 5.74) is 0.722. The highest BCUT2D eigenvalue weighted by molar-refractivity contribution is 5.96. The summed E-state index contributed by atoms with van der Waals surface area (Å²) < 4.78 is 0. The first-order valence-corrected chi connectivity index (χ1v) is 4.72. The Hall–Kier alpha value is -1.84. The average molecular weight is 206 g/mol. The summed E-state index contributed by atoms with van der Waals surface area (Å²) in [5.74, 6) is -0.442. The van der Waals surface area contributed by atoms with Gasteiger partial charge in [0, 0.05) is 12.6 Å². The standard InChI is InChI=1S/C11H14N2O2/c1-8(12-9(2)14)11(15)13-10-6-4-3-5-7-10/h3-8H,1-2H3,(H,12,14)(H,13,15)/t8-/m1/s1. The fourth-order valence-corrected chi connectivity index (χ4v) is 1.14. The minimum absolute atomic E-state index is 0.217. The zero-order valence-corrected chi connectivity index (χ0v) is 8.78. The predicted octanol–water partition coefficient (Wildman–Crippen LogP) is 1.15. The summed E-state index contributed by atoms with van der Waals surface area (Å²) in [6, 6.07) is 8.59. The van der Waals surface area contributed by atoms with Crippen molar-refractivity contribution < 1.29 is 9.59 Å². The maximum absolute atomic E-state index is 11.5. The molecule has 15 heavy (non-hydrogen) atoms. The van der Waals surface area contributed by atoms with Gasteiger partial charge in [0.05, 0.1) is 0 Å². The number of rotatable bonds is 3. The molecular formula is C11H14N2O2. The summed E-state index contributed by atoms with van der Waals surface area (Å²) in [5, 5.41) is 5.21. The maximum Gasteiger partial charge on any atom is 0.246 e. The lowest BCUT2D eigenvalue weighted by Crippen LogP contribution is -2.40. The molecule has 80 valence electrons. The Bertz CT molecular complexity index is 349. The topological polar surface area (TPSA) is 58.2 Å². The smallest absolute Gasteiger partial charge is 0.246 e. The van der Waals surface area contributed by atoms with Crippen LogP contribution in [0.25, 0.3) is 0 Å². The highest BCUT2D eigenvalue weighted by Gasteiger charge is 2.12. The van der Waals surface area contributed by atoms with Crippen LogP contribution in [0, 0.1) is 0 Å². The van der Waals surface area contributed by atoms with Gasteiger partial charge in [0.15, 0.2) is 0 Å². The SMILES string of the molecule is CC(=O)N[C@H](C)C(=O)Nc1ccccc1. The second-order valence-corrected chi connectivity index (χ2v) is 3.28. The van der Waals surface area contributed by atoms with Crippen LogP contribution in [-0.2, 0) is 9.59 Å². The molecular weight excluding hydrogens is 192 g/mol. The first-order valence-electron chi connectivity index (χ1n) is 4.72. The molecule has 4 heteroatoms. The molecule has 0 saturated carbocycles. The van der Waals surface area contributed by atoms with Crippen molar-refractivity contribution in [2.75, 3.05) is 5.32 Å². The van der Waals surface area contributed by atoms with Crippen molar-refractivity contribution in [1.29, 1.82) is 0 Å². The number of carbonyl (C=O) groups excluding carboxylic acids is 2. The number of hydrogen-bond donors (Lipinski definition) is 2. The largest absolute Gasteiger partial charge is 0.345 e. The van der Waals surface area contributed by atoms with E-state index < -0.39 is 6.04 Å². The number of benzene rings is 1. The molecule has 1 aromatic carbocycles. The van der Waals surface area contributed by atoms with Gasteiger partial charge >= 0.3 is 0 Å². The molecule has 1 aromatic rings. The van der Waals surface area contributed by atoms with E-state index in [9.17, 15) is 9.59 Å². The van der Waals surface area contributed by atoms with Gasteiger partial charge in [-0.2, -0.15) is 0 Å². The van der Waals surface area contributed by atoms with Crippen LogP contribution in [0.2, 0.25) is 0 Å². The third-order valence-corrected chi connectivity index (χ3v) is 1.85. The minimum atomic E-state index is -0.525. The lowest BCUT2D eigenvalue weighted by Gasteiger charge is -2.12. The van der Waals surface area contributed by atoms with Crippen LogP contribution in [0.5, 0.6) is 0 Å². The molecule has 0 aliphatic carbocycles. The Labute approximate surface area is 88.7 Å². The molecule has 0 saturated heterocycles.